The van der Waals surface area contributed by atoms with Gasteiger partial charge in [-0.25, -0.2) is 4.79 Å². The van der Waals surface area contributed by atoms with Crippen LogP contribution in [0, 0.1) is 5.92 Å². The van der Waals surface area contributed by atoms with E-state index >= 15 is 0 Å². The number of amides is 1. The van der Waals surface area contributed by atoms with Gasteiger partial charge in [-0.2, -0.15) is 0 Å². The normalized spacial score (nSPS) is 21.4. The zero-order valence-electron chi connectivity index (χ0n) is 9.36. The summed E-state index contributed by atoms with van der Waals surface area (Å²) in [7, 11) is 0. The van der Waals surface area contributed by atoms with Gasteiger partial charge < -0.3 is 15.2 Å². The Labute approximate surface area is 94.5 Å². The van der Waals surface area contributed by atoms with Crippen LogP contribution in [0.5, 0.6) is 0 Å². The van der Waals surface area contributed by atoms with Crippen LogP contribution >= 0.6 is 0 Å². The summed E-state index contributed by atoms with van der Waals surface area (Å²) >= 11 is 0. The van der Waals surface area contributed by atoms with E-state index in [-0.39, 0.29) is 18.2 Å². The molecule has 5 nitrogen and oxygen atoms in total. The molecule has 1 rings (SSSR count). The number of carboxylic acid groups (broad SMARTS) is 1. The molecule has 0 unspecified atom stereocenters. The zero-order valence-corrected chi connectivity index (χ0v) is 9.36. The first-order valence-electron chi connectivity index (χ1n) is 5.26. The first-order chi connectivity index (χ1) is 7.50. The first kappa shape index (κ1) is 12.7. The van der Waals surface area contributed by atoms with E-state index in [0.29, 0.717) is 19.6 Å². The molecule has 1 aliphatic rings. The van der Waals surface area contributed by atoms with Crippen molar-refractivity contribution >= 4 is 11.9 Å². The van der Waals surface area contributed by atoms with E-state index in [1.807, 2.05) is 0 Å². The molecule has 0 bridgehead atoms. The fourth-order valence-corrected chi connectivity index (χ4v) is 1.58. The smallest absolute Gasteiger partial charge is 0.326 e. The van der Waals surface area contributed by atoms with Gasteiger partial charge in [0.15, 0.2) is 0 Å². The van der Waals surface area contributed by atoms with Crippen LogP contribution in [0.15, 0.2) is 12.2 Å². The van der Waals surface area contributed by atoms with Crippen molar-refractivity contribution in [3.63, 3.8) is 0 Å². The molecule has 0 aliphatic carbocycles. The van der Waals surface area contributed by atoms with E-state index < -0.39 is 12.0 Å². The van der Waals surface area contributed by atoms with E-state index in [2.05, 4.69) is 11.9 Å². The highest BCUT2D eigenvalue weighted by Gasteiger charge is 2.27. The van der Waals surface area contributed by atoms with Crippen molar-refractivity contribution in [2.24, 2.45) is 5.92 Å². The number of nitrogens with one attached hydrogen (secondary N) is 1. The van der Waals surface area contributed by atoms with Gasteiger partial charge in [0.2, 0.25) is 5.91 Å². The molecule has 0 spiro atoms. The van der Waals surface area contributed by atoms with E-state index in [4.69, 9.17) is 9.84 Å². The maximum Gasteiger partial charge on any atom is 0.326 e. The highest BCUT2D eigenvalue weighted by Crippen LogP contribution is 2.13. The first-order valence-corrected chi connectivity index (χ1v) is 5.26. The lowest BCUT2D eigenvalue weighted by molar-refractivity contribution is -0.142. The Bertz CT molecular complexity index is 294. The summed E-state index contributed by atoms with van der Waals surface area (Å²) in [6.45, 7) is 6.33. The number of aliphatic carboxylic acids is 1. The molecule has 5 heteroatoms. The molecule has 2 atom stereocenters. The van der Waals surface area contributed by atoms with E-state index in [9.17, 15) is 9.59 Å². The largest absolute Gasteiger partial charge is 0.480 e. The Morgan fingerprint density at radius 1 is 1.62 bits per heavy atom. The third-order valence-corrected chi connectivity index (χ3v) is 2.47. The second-order valence-corrected chi connectivity index (χ2v) is 4.12. The molecular formula is C11H17NO4. The van der Waals surface area contributed by atoms with Crippen molar-refractivity contribution in [1.82, 2.24) is 5.32 Å². The fraction of sp³-hybridized carbons (Fsp3) is 0.636. The third kappa shape index (κ3) is 3.66. The van der Waals surface area contributed by atoms with Gasteiger partial charge in [0.25, 0.3) is 0 Å². The van der Waals surface area contributed by atoms with E-state index in [1.165, 1.54) is 0 Å². The monoisotopic (exact) mass is 227 g/mol. The number of carbonyl (C=O) groups is 2. The van der Waals surface area contributed by atoms with Crippen LogP contribution in [0.1, 0.15) is 19.8 Å². The quantitative estimate of drug-likeness (QED) is 0.673. The van der Waals surface area contributed by atoms with Gasteiger partial charge >= 0.3 is 5.97 Å². The molecule has 0 aromatic heterocycles. The molecule has 0 radical (unpaired) electrons. The van der Waals surface area contributed by atoms with Gasteiger partial charge in [-0.3, -0.25) is 4.79 Å². The molecule has 1 fully saturated rings. The predicted molar refractivity (Wildman–Crippen MR) is 57.9 cm³/mol. The van der Waals surface area contributed by atoms with Gasteiger partial charge in [-0.05, 0) is 19.8 Å². The minimum absolute atomic E-state index is 0.216. The Hall–Kier alpha value is -1.36. The Morgan fingerprint density at radius 2 is 2.31 bits per heavy atom. The maximum absolute atomic E-state index is 11.7. The molecular weight excluding hydrogens is 210 g/mol. The lowest BCUT2D eigenvalue weighted by Gasteiger charge is -2.16. The summed E-state index contributed by atoms with van der Waals surface area (Å²) in [5.41, 5.74) is 0.732. The molecule has 0 aromatic rings. The van der Waals surface area contributed by atoms with Crippen LogP contribution in [-0.2, 0) is 14.3 Å². The van der Waals surface area contributed by atoms with E-state index in [1.54, 1.807) is 6.92 Å². The summed E-state index contributed by atoms with van der Waals surface area (Å²) in [6, 6.07) is -0.884. The number of ether oxygens (including phenoxy) is 1. The Balaban J connectivity index is 2.50. The summed E-state index contributed by atoms with van der Waals surface area (Å²) < 4.78 is 5.08. The van der Waals surface area contributed by atoms with Crippen LogP contribution in [-0.4, -0.2) is 36.2 Å². The number of hydrogen-bond donors (Lipinski definition) is 2. The average Bonchev–Trinajstić information content (AvgIpc) is 2.68. The van der Waals surface area contributed by atoms with Crippen LogP contribution in [0.3, 0.4) is 0 Å². The summed E-state index contributed by atoms with van der Waals surface area (Å²) in [4.78, 5) is 22.6. The predicted octanol–water partition coefficient (Wildman–Crippen LogP) is 0.558. The second kappa shape index (κ2) is 5.65. The van der Waals surface area contributed by atoms with Crippen molar-refractivity contribution in [3.05, 3.63) is 12.2 Å². The van der Waals surface area contributed by atoms with Crippen molar-refractivity contribution in [3.8, 4) is 0 Å². The summed E-state index contributed by atoms with van der Waals surface area (Å²) in [5.74, 6) is -1.49. The summed E-state index contributed by atoms with van der Waals surface area (Å²) in [5, 5.41) is 11.4. The average molecular weight is 227 g/mol. The van der Waals surface area contributed by atoms with Crippen molar-refractivity contribution < 1.29 is 19.4 Å². The number of hydrogen-bond acceptors (Lipinski definition) is 3. The molecule has 0 saturated carbocycles. The number of carbonyl (C=O) groups excluding carboxylic acids is 1. The molecule has 90 valence electrons. The van der Waals surface area contributed by atoms with Gasteiger partial charge in [-0.15, -0.1) is 6.58 Å². The van der Waals surface area contributed by atoms with Crippen molar-refractivity contribution in [1.29, 1.82) is 0 Å². The highest BCUT2D eigenvalue weighted by atomic mass is 16.5. The topological polar surface area (TPSA) is 75.6 Å². The molecule has 1 amide bonds. The number of rotatable bonds is 5. The highest BCUT2D eigenvalue weighted by molar-refractivity contribution is 5.85. The van der Waals surface area contributed by atoms with Crippen LogP contribution in [0.25, 0.3) is 0 Å². The van der Waals surface area contributed by atoms with Gasteiger partial charge in [-0.1, -0.05) is 5.57 Å². The third-order valence-electron chi connectivity index (χ3n) is 2.47. The molecule has 1 saturated heterocycles. The second-order valence-electron chi connectivity index (χ2n) is 4.12. The zero-order chi connectivity index (χ0) is 12.1. The van der Waals surface area contributed by atoms with Crippen LogP contribution < -0.4 is 5.32 Å². The van der Waals surface area contributed by atoms with Crippen LogP contribution in [0.4, 0.5) is 0 Å². The Morgan fingerprint density at radius 3 is 2.75 bits per heavy atom. The van der Waals surface area contributed by atoms with Crippen molar-refractivity contribution in [2.75, 3.05) is 13.2 Å². The maximum atomic E-state index is 11.7. The SMILES string of the molecule is C=C(C)C[C@H](NC(=O)[C@H]1CCOC1)C(=O)O. The molecule has 1 aliphatic heterocycles. The lowest BCUT2D eigenvalue weighted by Crippen LogP contribution is -2.43. The Kier molecular flexibility index (Phi) is 4.49. The number of carboxylic acids is 1. The standard InChI is InChI=1S/C11H17NO4/c1-7(2)5-9(11(14)15)12-10(13)8-3-4-16-6-8/h8-9H,1,3-6H2,2H3,(H,12,13)(H,14,15)/t8-,9-/m0/s1. The van der Waals surface area contributed by atoms with Gasteiger partial charge in [0.1, 0.15) is 6.04 Å². The summed E-state index contributed by atoms with van der Waals surface area (Å²) in [6.07, 6.45) is 0.917. The van der Waals surface area contributed by atoms with Gasteiger partial charge in [0, 0.05) is 6.61 Å². The minimum atomic E-state index is -1.03. The lowest BCUT2D eigenvalue weighted by atomic mass is 10.1. The van der Waals surface area contributed by atoms with Crippen LogP contribution in [0.2, 0.25) is 0 Å². The minimum Gasteiger partial charge on any atom is -0.480 e. The molecule has 2 N–H and O–H groups in total. The molecule has 1 heterocycles. The molecule has 0 aromatic carbocycles. The van der Waals surface area contributed by atoms with Crippen molar-refractivity contribution in [2.45, 2.75) is 25.8 Å². The fourth-order valence-electron chi connectivity index (χ4n) is 1.58. The molecule has 16 heavy (non-hydrogen) atoms. The van der Waals surface area contributed by atoms with Gasteiger partial charge in [0.05, 0.1) is 12.5 Å². The van der Waals surface area contributed by atoms with E-state index in [0.717, 1.165) is 5.57 Å².